The van der Waals surface area contributed by atoms with E-state index in [0.29, 0.717) is 0 Å². The Morgan fingerprint density at radius 1 is 1.14 bits per heavy atom. The first-order chi connectivity index (χ1) is 13.8. The number of hydrogen-bond acceptors (Lipinski definition) is 6. The number of amides is 1. The zero-order valence-electron chi connectivity index (χ0n) is 14.8. The molecule has 1 N–H and O–H groups in total. The van der Waals surface area contributed by atoms with Crippen LogP contribution in [0.4, 0.5) is 5.69 Å². The van der Waals surface area contributed by atoms with Crippen molar-refractivity contribution >= 4 is 34.7 Å². The average molecular weight is 409 g/mol. The molecule has 28 heavy (non-hydrogen) atoms. The molecule has 4 aromatic rings. The summed E-state index contributed by atoms with van der Waals surface area (Å²) in [4.78, 5) is 14.5. The molecule has 0 spiro atoms. The smallest absolute Gasteiger partial charge is 0.258 e. The van der Waals surface area contributed by atoms with E-state index in [2.05, 4.69) is 20.8 Å². The van der Waals surface area contributed by atoms with Crippen LogP contribution in [0.3, 0.4) is 0 Å². The van der Waals surface area contributed by atoms with Gasteiger partial charge in [0.05, 0.1) is 11.3 Å². The molecule has 0 saturated carbocycles. The fourth-order valence-electron chi connectivity index (χ4n) is 3.27. The van der Waals surface area contributed by atoms with Crippen molar-refractivity contribution in [2.75, 3.05) is 11.1 Å². The summed E-state index contributed by atoms with van der Waals surface area (Å²) in [6, 6.07) is 11.4. The Balaban J connectivity index is 1.46. The van der Waals surface area contributed by atoms with E-state index >= 15 is 0 Å². The number of nitrogens with zero attached hydrogens (tertiary/aromatic N) is 5. The number of nitrogens with one attached hydrogen (secondary N) is 1. The standard InChI is InChI=1S/C19H16N6OS2/c26-18(21-13-3-5-14(6-4-13)25-12-20-22-23-25)17-15-7-10-27-11-16(15)28-19(17)24-8-1-2-9-24/h1-6,8-9,12H,7,10-11H2,(H,21,26). The van der Waals surface area contributed by atoms with Gasteiger partial charge in [0.2, 0.25) is 0 Å². The lowest BCUT2D eigenvalue weighted by Gasteiger charge is -2.13. The Hall–Kier alpha value is -2.91. The van der Waals surface area contributed by atoms with E-state index in [0.717, 1.165) is 39.9 Å². The third kappa shape index (κ3) is 3.12. The van der Waals surface area contributed by atoms with Crippen molar-refractivity contribution in [2.24, 2.45) is 0 Å². The Labute approximate surface area is 169 Å². The maximum absolute atomic E-state index is 13.2. The SMILES string of the molecule is O=C(Nc1ccc(-n2cnnn2)cc1)c1c(-n2cccc2)sc2c1CCSC2. The maximum atomic E-state index is 13.2. The zero-order valence-corrected chi connectivity index (χ0v) is 16.4. The summed E-state index contributed by atoms with van der Waals surface area (Å²) in [5.74, 6) is 1.96. The molecule has 0 saturated heterocycles. The molecule has 3 aromatic heterocycles. The van der Waals surface area contributed by atoms with Crippen LogP contribution in [0.2, 0.25) is 0 Å². The predicted octanol–water partition coefficient (Wildman–Crippen LogP) is 3.56. The molecule has 5 rings (SSSR count). The number of thiophene rings is 1. The van der Waals surface area contributed by atoms with Crippen molar-refractivity contribution in [3.05, 3.63) is 71.1 Å². The number of rotatable bonds is 4. The van der Waals surface area contributed by atoms with Crippen LogP contribution < -0.4 is 5.32 Å². The van der Waals surface area contributed by atoms with Crippen LogP contribution in [0.1, 0.15) is 20.8 Å². The topological polar surface area (TPSA) is 77.6 Å². The van der Waals surface area contributed by atoms with E-state index in [9.17, 15) is 4.79 Å². The highest BCUT2D eigenvalue weighted by atomic mass is 32.2. The quantitative estimate of drug-likeness (QED) is 0.559. The third-order valence-corrected chi connectivity index (χ3v) is 7.02. The molecule has 0 aliphatic carbocycles. The summed E-state index contributed by atoms with van der Waals surface area (Å²) in [6.45, 7) is 0. The van der Waals surface area contributed by atoms with Crippen molar-refractivity contribution in [3.8, 4) is 10.7 Å². The van der Waals surface area contributed by atoms with Gasteiger partial charge < -0.3 is 9.88 Å². The number of fused-ring (bicyclic) bond motifs is 1. The summed E-state index contributed by atoms with van der Waals surface area (Å²) >= 11 is 3.64. The van der Waals surface area contributed by atoms with Crippen LogP contribution in [-0.2, 0) is 12.2 Å². The van der Waals surface area contributed by atoms with Gasteiger partial charge in [0.1, 0.15) is 11.3 Å². The van der Waals surface area contributed by atoms with Crippen molar-refractivity contribution in [1.29, 1.82) is 0 Å². The van der Waals surface area contributed by atoms with E-state index < -0.39 is 0 Å². The molecule has 0 unspecified atom stereocenters. The van der Waals surface area contributed by atoms with Crippen molar-refractivity contribution < 1.29 is 4.79 Å². The van der Waals surface area contributed by atoms with Crippen LogP contribution in [0.15, 0.2) is 55.1 Å². The Morgan fingerprint density at radius 3 is 2.71 bits per heavy atom. The van der Waals surface area contributed by atoms with Gasteiger partial charge in [-0.2, -0.15) is 11.8 Å². The molecule has 1 amide bonds. The van der Waals surface area contributed by atoms with Gasteiger partial charge in [0, 0.05) is 28.7 Å². The van der Waals surface area contributed by atoms with Crippen LogP contribution >= 0.6 is 23.1 Å². The van der Waals surface area contributed by atoms with Gasteiger partial charge in [0.15, 0.2) is 0 Å². The lowest BCUT2D eigenvalue weighted by Crippen LogP contribution is -2.16. The minimum Gasteiger partial charge on any atom is -0.322 e. The average Bonchev–Trinajstić information content (AvgIpc) is 3.48. The number of anilines is 1. The van der Waals surface area contributed by atoms with Gasteiger partial charge in [-0.05, 0) is 64.6 Å². The first-order valence-corrected chi connectivity index (χ1v) is 10.8. The van der Waals surface area contributed by atoms with Gasteiger partial charge in [-0.1, -0.05) is 0 Å². The molecule has 1 aliphatic rings. The zero-order chi connectivity index (χ0) is 18.9. The lowest BCUT2D eigenvalue weighted by molar-refractivity contribution is 0.102. The summed E-state index contributed by atoms with van der Waals surface area (Å²) in [5, 5.41) is 15.2. The predicted molar refractivity (Wildman–Crippen MR) is 111 cm³/mol. The number of aromatic nitrogens is 5. The molecule has 9 heteroatoms. The molecule has 1 aromatic carbocycles. The van der Waals surface area contributed by atoms with E-state index in [1.807, 2.05) is 65.1 Å². The number of thioether (sulfide) groups is 1. The van der Waals surface area contributed by atoms with Gasteiger partial charge in [0.25, 0.3) is 5.91 Å². The summed E-state index contributed by atoms with van der Waals surface area (Å²) in [5.41, 5.74) is 3.56. The maximum Gasteiger partial charge on any atom is 0.258 e. The van der Waals surface area contributed by atoms with Crippen LogP contribution in [-0.4, -0.2) is 36.4 Å². The minimum absolute atomic E-state index is 0.0664. The second kappa shape index (κ2) is 7.25. The van der Waals surface area contributed by atoms with Crippen LogP contribution in [0.5, 0.6) is 0 Å². The summed E-state index contributed by atoms with van der Waals surface area (Å²) < 4.78 is 3.60. The number of tetrazole rings is 1. The van der Waals surface area contributed by atoms with Crippen LogP contribution in [0, 0.1) is 0 Å². The van der Waals surface area contributed by atoms with Crippen molar-refractivity contribution in [2.45, 2.75) is 12.2 Å². The largest absolute Gasteiger partial charge is 0.322 e. The van der Waals surface area contributed by atoms with E-state index in [1.165, 1.54) is 16.8 Å². The second-order valence-corrected chi connectivity index (χ2v) is 8.52. The summed E-state index contributed by atoms with van der Waals surface area (Å²) in [6.07, 6.45) is 6.44. The summed E-state index contributed by atoms with van der Waals surface area (Å²) in [7, 11) is 0. The first kappa shape index (κ1) is 17.2. The Kier molecular flexibility index (Phi) is 4.46. The number of benzene rings is 1. The second-order valence-electron chi connectivity index (χ2n) is 6.33. The monoisotopic (exact) mass is 408 g/mol. The molecule has 7 nitrogen and oxygen atoms in total. The highest BCUT2D eigenvalue weighted by Crippen LogP contribution is 2.38. The van der Waals surface area contributed by atoms with Crippen molar-refractivity contribution in [1.82, 2.24) is 24.8 Å². The van der Waals surface area contributed by atoms with E-state index in [4.69, 9.17) is 0 Å². The van der Waals surface area contributed by atoms with E-state index in [-0.39, 0.29) is 5.91 Å². The van der Waals surface area contributed by atoms with Gasteiger partial charge >= 0.3 is 0 Å². The Bertz CT molecular complexity index is 1100. The molecule has 1 aliphatic heterocycles. The molecular weight excluding hydrogens is 392 g/mol. The van der Waals surface area contributed by atoms with Gasteiger partial charge in [-0.25, -0.2) is 4.68 Å². The highest BCUT2D eigenvalue weighted by Gasteiger charge is 2.26. The number of carbonyl (C=O) groups excluding carboxylic acids is 1. The minimum atomic E-state index is -0.0664. The first-order valence-electron chi connectivity index (χ1n) is 8.80. The number of hydrogen-bond donors (Lipinski definition) is 1. The molecule has 0 radical (unpaired) electrons. The highest BCUT2D eigenvalue weighted by molar-refractivity contribution is 7.98. The molecule has 0 bridgehead atoms. The molecule has 4 heterocycles. The van der Waals surface area contributed by atoms with Crippen LogP contribution in [0.25, 0.3) is 10.7 Å². The third-order valence-electron chi connectivity index (χ3n) is 4.61. The fraction of sp³-hybridized carbons (Fsp3) is 0.158. The van der Waals surface area contributed by atoms with Crippen molar-refractivity contribution in [3.63, 3.8) is 0 Å². The molecule has 140 valence electrons. The number of carbonyl (C=O) groups is 1. The fourth-order valence-corrected chi connectivity index (χ4v) is 5.72. The molecule has 0 atom stereocenters. The normalized spacial score (nSPS) is 13.3. The Morgan fingerprint density at radius 2 is 1.96 bits per heavy atom. The lowest BCUT2D eigenvalue weighted by atomic mass is 10.1. The van der Waals surface area contributed by atoms with Gasteiger partial charge in [-0.15, -0.1) is 16.4 Å². The van der Waals surface area contributed by atoms with E-state index in [1.54, 1.807) is 16.0 Å². The molecular formula is C19H16N6OS2. The van der Waals surface area contributed by atoms with Gasteiger partial charge in [-0.3, -0.25) is 4.79 Å². The molecule has 0 fully saturated rings.